The van der Waals surface area contributed by atoms with Crippen LogP contribution in [-0.4, -0.2) is 45.4 Å². The monoisotopic (exact) mass is 576 g/mol. The highest BCUT2D eigenvalue weighted by Crippen LogP contribution is 2.43. The quantitative estimate of drug-likeness (QED) is 0.242. The van der Waals surface area contributed by atoms with Crippen molar-refractivity contribution in [1.29, 1.82) is 5.26 Å². The summed E-state index contributed by atoms with van der Waals surface area (Å²) < 4.78 is 47.2. The molecule has 6 nitrogen and oxygen atoms in total. The molecule has 1 fully saturated rings. The van der Waals surface area contributed by atoms with E-state index in [0.29, 0.717) is 25.3 Å². The fourth-order valence-corrected chi connectivity index (χ4v) is 6.01. The predicted molar refractivity (Wildman–Crippen MR) is 146 cm³/mol. The number of alkyl halides is 4. The van der Waals surface area contributed by atoms with Crippen molar-refractivity contribution in [3.8, 4) is 6.07 Å². The molecule has 0 radical (unpaired) electrons. The number of hydrogen-bond donors (Lipinski definition) is 1. The first kappa shape index (κ1) is 29.0. The van der Waals surface area contributed by atoms with E-state index in [0.717, 1.165) is 11.6 Å². The Hall–Kier alpha value is -3.00. The molecule has 3 unspecified atom stereocenters. The van der Waals surface area contributed by atoms with E-state index in [-0.39, 0.29) is 28.5 Å². The summed E-state index contributed by atoms with van der Waals surface area (Å²) in [6, 6.07) is 7.90. The van der Waals surface area contributed by atoms with Gasteiger partial charge < -0.3 is 4.74 Å². The molecule has 2 aromatic rings. The Morgan fingerprint density at radius 2 is 1.92 bits per heavy atom. The zero-order chi connectivity index (χ0) is 28.5. The number of carbonyl (C=O) groups is 1. The molecule has 2 aliphatic rings. The van der Waals surface area contributed by atoms with Crippen LogP contribution in [0.4, 0.5) is 18.9 Å². The molecule has 0 bridgehead atoms. The van der Waals surface area contributed by atoms with Crippen molar-refractivity contribution in [3.63, 3.8) is 0 Å². The van der Waals surface area contributed by atoms with E-state index in [1.54, 1.807) is 32.3 Å². The highest BCUT2D eigenvalue weighted by Gasteiger charge is 2.51. The molecule has 1 aliphatic carbocycles. The smallest absolute Gasteiger partial charge is 0.418 e. The molecule has 0 N–H and O–H groups in total. The van der Waals surface area contributed by atoms with Crippen LogP contribution in [0.2, 0.25) is 0 Å². The first-order chi connectivity index (χ1) is 18.4. The van der Waals surface area contributed by atoms with Gasteiger partial charge >= 0.3 is 6.18 Å². The van der Waals surface area contributed by atoms with E-state index in [4.69, 9.17) is 16.3 Å². The fraction of sp³-hybridized carbons (Fsp3) is 0.393. The van der Waals surface area contributed by atoms with Gasteiger partial charge in [0.2, 0.25) is 5.91 Å². The Kier molecular flexibility index (Phi) is 8.36. The van der Waals surface area contributed by atoms with Crippen molar-refractivity contribution in [2.45, 2.75) is 55.7 Å². The number of allylic oxidation sites excluding steroid dienone is 3. The second-order valence-corrected chi connectivity index (χ2v) is 10.9. The molecule has 39 heavy (non-hydrogen) atoms. The number of rotatable bonds is 7. The van der Waals surface area contributed by atoms with Gasteiger partial charge in [0.25, 0.3) is 0 Å². The number of benzene rings is 1. The molecule has 4 rings (SSSR count). The number of nitriles is 1. The Morgan fingerprint density at radius 1 is 1.23 bits per heavy atom. The van der Waals surface area contributed by atoms with Crippen LogP contribution in [0.1, 0.15) is 48.4 Å². The largest absolute Gasteiger partial charge is 0.494 e. The first-order valence-corrected chi connectivity index (χ1v) is 13.3. The molecule has 3 atom stereocenters. The molecular weight excluding hydrogens is 549 g/mol. The molecule has 1 aliphatic heterocycles. The van der Waals surface area contributed by atoms with Gasteiger partial charge in [-0.3, -0.25) is 19.6 Å². The second kappa shape index (κ2) is 11.2. The lowest BCUT2D eigenvalue weighted by molar-refractivity contribution is -0.138. The van der Waals surface area contributed by atoms with Gasteiger partial charge in [0.1, 0.15) is 11.3 Å². The normalized spacial score (nSPS) is 23.1. The number of thiol groups is 1. The highest BCUT2D eigenvalue weighted by atomic mass is 35.5. The number of aromatic nitrogens is 1. The summed E-state index contributed by atoms with van der Waals surface area (Å²) in [5.41, 5.74) is -2.41. The van der Waals surface area contributed by atoms with Crippen LogP contribution in [0.3, 0.4) is 0 Å². The second-order valence-electron chi connectivity index (χ2n) is 9.90. The summed E-state index contributed by atoms with van der Waals surface area (Å²) in [5.74, 6) is 0.279. The molecule has 11 heteroatoms. The van der Waals surface area contributed by atoms with E-state index in [2.05, 4.69) is 17.6 Å². The number of anilines is 1. The Labute approximate surface area is 236 Å². The molecular formula is C28H28ClF3N4O2S. The van der Waals surface area contributed by atoms with Crippen molar-refractivity contribution >= 4 is 35.8 Å². The van der Waals surface area contributed by atoms with Crippen molar-refractivity contribution in [2.75, 3.05) is 18.1 Å². The third-order valence-corrected chi connectivity index (χ3v) is 8.01. The van der Waals surface area contributed by atoms with Gasteiger partial charge in [-0.05, 0) is 74.7 Å². The number of amides is 1. The first-order valence-electron chi connectivity index (χ1n) is 12.3. The lowest BCUT2D eigenvalue weighted by atomic mass is 9.92. The number of ether oxygens (including phenoxy) is 1. The van der Waals surface area contributed by atoms with E-state index >= 15 is 0 Å². The maximum Gasteiger partial charge on any atom is 0.418 e. The van der Waals surface area contributed by atoms with Crippen LogP contribution in [0.5, 0.6) is 0 Å². The minimum absolute atomic E-state index is 0.0119. The van der Waals surface area contributed by atoms with Gasteiger partial charge in [-0.15, -0.1) is 24.2 Å². The van der Waals surface area contributed by atoms with Gasteiger partial charge in [0.05, 0.1) is 34.7 Å². The van der Waals surface area contributed by atoms with Crippen LogP contribution >= 0.6 is 24.2 Å². The maximum absolute atomic E-state index is 13.8. The van der Waals surface area contributed by atoms with Gasteiger partial charge in [-0.2, -0.15) is 18.4 Å². The minimum Gasteiger partial charge on any atom is -0.494 e. The van der Waals surface area contributed by atoms with Crippen LogP contribution in [0.15, 0.2) is 60.6 Å². The zero-order valence-corrected chi connectivity index (χ0v) is 23.3. The molecule has 1 aromatic heterocycles. The van der Waals surface area contributed by atoms with E-state index in [1.165, 1.54) is 17.9 Å². The molecule has 1 amide bonds. The van der Waals surface area contributed by atoms with Crippen LogP contribution in [0.25, 0.3) is 0 Å². The third-order valence-electron chi connectivity index (χ3n) is 7.11. The summed E-state index contributed by atoms with van der Waals surface area (Å²) >= 11 is 11.2. The predicted octanol–water partition coefficient (Wildman–Crippen LogP) is 6.17. The standard InChI is InChI=1S/C28H28ClF3N4O2S/c1-17-23(8-5-19(16-33)24(17)28(30,31)32)36-25(37)27(2,3)35(26(36)39)13-4-14-38-20-6-7-21(22(29)15-20)18-9-11-34-12-10-18/h5-12,15,21-22,26,39H,4,13-14H2,1-3H3. The molecule has 206 valence electrons. The summed E-state index contributed by atoms with van der Waals surface area (Å²) in [6.07, 6.45) is 4.96. The summed E-state index contributed by atoms with van der Waals surface area (Å²) in [6.45, 7) is 5.45. The lowest BCUT2D eigenvalue weighted by Crippen LogP contribution is -2.45. The van der Waals surface area contributed by atoms with Crippen molar-refractivity contribution in [2.24, 2.45) is 0 Å². The lowest BCUT2D eigenvalue weighted by Gasteiger charge is -2.31. The highest BCUT2D eigenvalue weighted by molar-refractivity contribution is 7.81. The third kappa shape index (κ3) is 5.67. The summed E-state index contributed by atoms with van der Waals surface area (Å²) in [5, 5.41) is 8.92. The van der Waals surface area contributed by atoms with Crippen molar-refractivity contribution < 1.29 is 22.7 Å². The minimum atomic E-state index is -4.74. The van der Waals surface area contributed by atoms with Crippen LogP contribution < -0.4 is 4.90 Å². The molecule has 0 spiro atoms. The number of pyridine rings is 1. The fourth-order valence-electron chi connectivity index (χ4n) is 5.02. The van der Waals surface area contributed by atoms with E-state index in [1.807, 2.05) is 35.3 Å². The molecule has 1 saturated heterocycles. The SMILES string of the molecule is Cc1c(N2C(=O)C(C)(C)N(CCCOC3=CC(Cl)C(c4ccncc4)C=C3)C2S)ccc(C#N)c1C(F)(F)F. The van der Waals surface area contributed by atoms with Gasteiger partial charge in [-0.25, -0.2) is 0 Å². The number of halogens is 4. The van der Waals surface area contributed by atoms with E-state index in [9.17, 15) is 23.2 Å². The number of carbonyl (C=O) groups excluding carboxylic acids is 1. The van der Waals surface area contributed by atoms with Gasteiger partial charge in [-0.1, -0.05) is 6.08 Å². The molecule has 2 heterocycles. The molecule has 0 saturated carbocycles. The van der Waals surface area contributed by atoms with Crippen LogP contribution in [-0.2, 0) is 15.7 Å². The van der Waals surface area contributed by atoms with E-state index < -0.39 is 28.3 Å². The Bertz CT molecular complexity index is 1340. The topological polar surface area (TPSA) is 69.5 Å². The molecule has 1 aromatic carbocycles. The summed E-state index contributed by atoms with van der Waals surface area (Å²) in [4.78, 5) is 20.5. The summed E-state index contributed by atoms with van der Waals surface area (Å²) in [7, 11) is 0. The van der Waals surface area contributed by atoms with Crippen molar-refractivity contribution in [1.82, 2.24) is 9.88 Å². The van der Waals surface area contributed by atoms with Gasteiger partial charge in [0, 0.05) is 30.5 Å². The average Bonchev–Trinajstić information content (AvgIpc) is 3.05. The average molecular weight is 577 g/mol. The van der Waals surface area contributed by atoms with Crippen molar-refractivity contribution in [3.05, 3.63) is 82.9 Å². The number of hydrogen-bond acceptors (Lipinski definition) is 6. The Balaban J connectivity index is 1.43. The van der Waals surface area contributed by atoms with Gasteiger partial charge in [0.15, 0.2) is 0 Å². The van der Waals surface area contributed by atoms with Crippen LogP contribution in [0, 0.1) is 18.3 Å². The Morgan fingerprint density at radius 3 is 2.54 bits per heavy atom. The zero-order valence-electron chi connectivity index (χ0n) is 21.6. The maximum atomic E-state index is 13.8. The number of nitrogens with zero attached hydrogens (tertiary/aromatic N) is 4.